The molecule has 29 heavy (non-hydrogen) atoms. The lowest BCUT2D eigenvalue weighted by Gasteiger charge is -2.13. The molecule has 1 unspecified atom stereocenters. The fraction of sp³-hybridized carbons (Fsp3) is 0.682. The smallest absolute Gasteiger partial charge is 0.191 e. The van der Waals surface area contributed by atoms with E-state index in [-0.39, 0.29) is 0 Å². The molecule has 164 valence electrons. The highest BCUT2D eigenvalue weighted by Gasteiger charge is 2.15. The first kappa shape index (κ1) is 23.6. The molecule has 1 fully saturated rings. The van der Waals surface area contributed by atoms with E-state index in [1.807, 2.05) is 6.92 Å². The standard InChI is InChI=1S/C22H37N3O4/c1-3-26-12-13-29-16-20-7-4-6-19(14-20)15-25-22(23-2)24-9-5-10-27-17-21-8-11-28-18-21/h4,6-7,14,21H,3,5,8-13,15-18H2,1-2H3,(H2,23,24,25). The molecule has 1 aromatic rings. The number of benzene rings is 1. The van der Waals surface area contributed by atoms with Crippen molar-refractivity contribution < 1.29 is 18.9 Å². The Kier molecular flexibility index (Phi) is 12.4. The number of hydrogen-bond donors (Lipinski definition) is 2. The zero-order chi connectivity index (χ0) is 20.6. The summed E-state index contributed by atoms with van der Waals surface area (Å²) in [6.07, 6.45) is 2.07. The summed E-state index contributed by atoms with van der Waals surface area (Å²) in [5.41, 5.74) is 2.36. The van der Waals surface area contributed by atoms with Crippen LogP contribution >= 0.6 is 0 Å². The highest BCUT2D eigenvalue weighted by atomic mass is 16.5. The molecule has 0 saturated carbocycles. The quantitative estimate of drug-likeness (QED) is 0.280. The van der Waals surface area contributed by atoms with Gasteiger partial charge in [0.2, 0.25) is 0 Å². The second-order valence-electron chi connectivity index (χ2n) is 7.08. The van der Waals surface area contributed by atoms with Gasteiger partial charge in [-0.05, 0) is 30.9 Å². The van der Waals surface area contributed by atoms with E-state index in [2.05, 4.69) is 39.9 Å². The molecule has 0 radical (unpaired) electrons. The summed E-state index contributed by atoms with van der Waals surface area (Å²) in [4.78, 5) is 4.28. The molecular weight excluding hydrogens is 370 g/mol. The second kappa shape index (κ2) is 15.2. The van der Waals surface area contributed by atoms with Crippen LogP contribution in [0, 0.1) is 5.92 Å². The van der Waals surface area contributed by atoms with E-state index < -0.39 is 0 Å². The summed E-state index contributed by atoms with van der Waals surface area (Å²) in [6, 6.07) is 8.39. The van der Waals surface area contributed by atoms with Gasteiger partial charge < -0.3 is 29.6 Å². The van der Waals surface area contributed by atoms with Gasteiger partial charge in [-0.3, -0.25) is 4.99 Å². The Balaban J connectivity index is 1.57. The topological polar surface area (TPSA) is 73.3 Å². The maximum Gasteiger partial charge on any atom is 0.191 e. The molecule has 0 amide bonds. The summed E-state index contributed by atoms with van der Waals surface area (Å²) < 4.78 is 22.0. The molecule has 0 aliphatic carbocycles. The summed E-state index contributed by atoms with van der Waals surface area (Å²) in [6.45, 7) is 9.38. The number of nitrogens with one attached hydrogen (secondary N) is 2. The summed E-state index contributed by atoms with van der Waals surface area (Å²) in [5.74, 6) is 1.37. The van der Waals surface area contributed by atoms with Crippen LogP contribution in [0.3, 0.4) is 0 Å². The number of hydrogen-bond acceptors (Lipinski definition) is 5. The van der Waals surface area contributed by atoms with Crippen molar-refractivity contribution in [2.75, 3.05) is 59.8 Å². The first-order valence-corrected chi connectivity index (χ1v) is 10.6. The third-order valence-electron chi connectivity index (χ3n) is 4.66. The van der Waals surface area contributed by atoms with Gasteiger partial charge in [-0.25, -0.2) is 0 Å². The van der Waals surface area contributed by atoms with E-state index in [9.17, 15) is 0 Å². The van der Waals surface area contributed by atoms with Crippen LogP contribution in [0.25, 0.3) is 0 Å². The van der Waals surface area contributed by atoms with Crippen LogP contribution in [0.15, 0.2) is 29.3 Å². The Morgan fingerprint density at radius 3 is 2.79 bits per heavy atom. The van der Waals surface area contributed by atoms with Crippen molar-refractivity contribution in [1.29, 1.82) is 0 Å². The van der Waals surface area contributed by atoms with Crippen molar-refractivity contribution in [2.24, 2.45) is 10.9 Å². The number of ether oxygens (including phenoxy) is 4. The minimum atomic E-state index is 0.572. The van der Waals surface area contributed by atoms with Crippen LogP contribution in [-0.2, 0) is 32.1 Å². The van der Waals surface area contributed by atoms with Crippen LogP contribution in [-0.4, -0.2) is 65.8 Å². The van der Waals surface area contributed by atoms with Gasteiger partial charge in [-0.2, -0.15) is 0 Å². The average Bonchev–Trinajstić information content (AvgIpc) is 3.26. The Morgan fingerprint density at radius 1 is 1.14 bits per heavy atom. The van der Waals surface area contributed by atoms with Crippen molar-refractivity contribution in [3.05, 3.63) is 35.4 Å². The highest BCUT2D eigenvalue weighted by Crippen LogP contribution is 2.12. The summed E-state index contributed by atoms with van der Waals surface area (Å²) in [7, 11) is 1.79. The molecule has 0 bridgehead atoms. The zero-order valence-electron chi connectivity index (χ0n) is 18.0. The van der Waals surface area contributed by atoms with Crippen LogP contribution in [0.2, 0.25) is 0 Å². The normalized spacial score (nSPS) is 16.9. The van der Waals surface area contributed by atoms with Crippen molar-refractivity contribution in [3.8, 4) is 0 Å². The Morgan fingerprint density at radius 2 is 2.00 bits per heavy atom. The predicted molar refractivity (Wildman–Crippen MR) is 115 cm³/mol. The van der Waals surface area contributed by atoms with Crippen molar-refractivity contribution in [1.82, 2.24) is 10.6 Å². The molecule has 1 atom stereocenters. The maximum absolute atomic E-state index is 5.73. The lowest BCUT2D eigenvalue weighted by Crippen LogP contribution is -2.37. The van der Waals surface area contributed by atoms with Gasteiger partial charge in [0.15, 0.2) is 5.96 Å². The molecule has 1 saturated heterocycles. The Labute approximate surface area is 175 Å². The molecular formula is C22H37N3O4. The van der Waals surface area contributed by atoms with Crippen LogP contribution in [0.1, 0.15) is 30.9 Å². The molecule has 2 N–H and O–H groups in total. The first-order valence-electron chi connectivity index (χ1n) is 10.6. The predicted octanol–water partition coefficient (Wildman–Crippen LogP) is 2.35. The minimum Gasteiger partial charge on any atom is -0.381 e. The van der Waals surface area contributed by atoms with Crippen LogP contribution < -0.4 is 10.6 Å². The van der Waals surface area contributed by atoms with E-state index in [0.29, 0.717) is 32.3 Å². The third kappa shape index (κ3) is 10.6. The van der Waals surface area contributed by atoms with Crippen molar-refractivity contribution in [3.63, 3.8) is 0 Å². The molecule has 1 aliphatic heterocycles. The van der Waals surface area contributed by atoms with Gasteiger partial charge in [-0.15, -0.1) is 0 Å². The molecule has 7 heteroatoms. The maximum atomic E-state index is 5.73. The zero-order valence-corrected chi connectivity index (χ0v) is 18.0. The molecule has 1 aliphatic rings. The first-order chi connectivity index (χ1) is 14.3. The fourth-order valence-electron chi connectivity index (χ4n) is 3.03. The number of rotatable bonds is 14. The molecule has 0 spiro atoms. The molecule has 7 nitrogen and oxygen atoms in total. The van der Waals surface area contributed by atoms with E-state index in [1.165, 1.54) is 5.56 Å². The second-order valence-corrected chi connectivity index (χ2v) is 7.08. The fourth-order valence-corrected chi connectivity index (χ4v) is 3.03. The molecule has 1 aromatic carbocycles. The molecule has 1 heterocycles. The number of guanidine groups is 1. The van der Waals surface area contributed by atoms with Crippen molar-refractivity contribution in [2.45, 2.75) is 32.9 Å². The monoisotopic (exact) mass is 407 g/mol. The van der Waals surface area contributed by atoms with Gasteiger partial charge in [0, 0.05) is 45.9 Å². The van der Waals surface area contributed by atoms with Crippen LogP contribution in [0.4, 0.5) is 0 Å². The van der Waals surface area contributed by atoms with E-state index >= 15 is 0 Å². The lowest BCUT2D eigenvalue weighted by molar-refractivity contribution is 0.0453. The molecule has 0 aromatic heterocycles. The molecule has 2 rings (SSSR count). The van der Waals surface area contributed by atoms with E-state index in [4.69, 9.17) is 18.9 Å². The average molecular weight is 408 g/mol. The lowest BCUT2D eigenvalue weighted by atomic mass is 10.1. The third-order valence-corrected chi connectivity index (χ3v) is 4.66. The van der Waals surface area contributed by atoms with Gasteiger partial charge in [0.05, 0.1) is 33.0 Å². The van der Waals surface area contributed by atoms with E-state index in [0.717, 1.165) is 63.9 Å². The van der Waals surface area contributed by atoms with Gasteiger partial charge >= 0.3 is 0 Å². The van der Waals surface area contributed by atoms with E-state index in [1.54, 1.807) is 7.05 Å². The van der Waals surface area contributed by atoms with Gasteiger partial charge in [-0.1, -0.05) is 24.3 Å². The minimum absolute atomic E-state index is 0.572. The SMILES string of the molecule is CCOCCOCc1cccc(CNC(=NC)NCCCOCC2CCOC2)c1. The Bertz CT molecular complexity index is 577. The summed E-state index contributed by atoms with van der Waals surface area (Å²) >= 11 is 0. The van der Waals surface area contributed by atoms with Gasteiger partial charge in [0.1, 0.15) is 0 Å². The Hall–Kier alpha value is -1.67. The highest BCUT2D eigenvalue weighted by molar-refractivity contribution is 5.79. The summed E-state index contributed by atoms with van der Waals surface area (Å²) in [5, 5.41) is 6.69. The number of aliphatic imine (C=N–C) groups is 1. The van der Waals surface area contributed by atoms with Gasteiger partial charge in [0.25, 0.3) is 0 Å². The van der Waals surface area contributed by atoms with Crippen LogP contribution in [0.5, 0.6) is 0 Å². The largest absolute Gasteiger partial charge is 0.381 e. The number of nitrogens with zero attached hydrogens (tertiary/aromatic N) is 1. The van der Waals surface area contributed by atoms with Crippen molar-refractivity contribution >= 4 is 5.96 Å².